The summed E-state index contributed by atoms with van der Waals surface area (Å²) in [5.41, 5.74) is 2.50. The van der Waals surface area contributed by atoms with Gasteiger partial charge in [-0.05, 0) is 6.42 Å². The average molecular weight is 281 g/mol. The molecule has 2 unspecified atom stereocenters. The number of hydrogen-bond acceptors (Lipinski definition) is 8. The topological polar surface area (TPSA) is 101 Å². The van der Waals surface area contributed by atoms with E-state index < -0.39 is 0 Å². The Morgan fingerprint density at radius 2 is 1.90 bits per heavy atom. The molecular formula is C12H23N7O. The fourth-order valence-electron chi connectivity index (χ4n) is 2.38. The monoisotopic (exact) mass is 281 g/mol. The van der Waals surface area contributed by atoms with Crippen LogP contribution in [0.4, 0.5) is 17.8 Å². The molecule has 2 atom stereocenters. The van der Waals surface area contributed by atoms with E-state index >= 15 is 0 Å². The number of nitrogens with two attached hydrogens (primary N) is 1. The predicted octanol–water partition coefficient (Wildman–Crippen LogP) is 0.449. The summed E-state index contributed by atoms with van der Waals surface area (Å²) in [6.45, 7) is 4.33. The number of ether oxygens (including phenoxy) is 1. The van der Waals surface area contributed by atoms with Gasteiger partial charge < -0.3 is 15.0 Å². The second-order valence-electron chi connectivity index (χ2n) is 5.80. The van der Waals surface area contributed by atoms with Gasteiger partial charge in [-0.15, -0.1) is 0 Å². The molecule has 1 aliphatic rings. The Hall–Kier alpha value is -1.67. The summed E-state index contributed by atoms with van der Waals surface area (Å²) in [6.07, 6.45) is 1.18. The number of aromatic nitrogens is 3. The second-order valence-corrected chi connectivity index (χ2v) is 5.80. The molecule has 0 amide bonds. The van der Waals surface area contributed by atoms with Crippen molar-refractivity contribution in [2.75, 3.05) is 36.8 Å². The number of nitrogens with one attached hydrogen (secondary N) is 2. The van der Waals surface area contributed by atoms with Crippen LogP contribution in [0.1, 0.15) is 20.3 Å². The highest BCUT2D eigenvalue weighted by atomic mass is 16.5. The van der Waals surface area contributed by atoms with Crippen molar-refractivity contribution >= 4 is 17.8 Å². The van der Waals surface area contributed by atoms with Gasteiger partial charge in [-0.2, -0.15) is 15.0 Å². The van der Waals surface area contributed by atoms with Crippen molar-refractivity contribution in [3.8, 4) is 0 Å². The lowest BCUT2D eigenvalue weighted by Crippen LogP contribution is -2.57. The van der Waals surface area contributed by atoms with Crippen molar-refractivity contribution < 1.29 is 4.74 Å². The van der Waals surface area contributed by atoms with E-state index in [1.807, 2.05) is 14.1 Å². The van der Waals surface area contributed by atoms with Crippen molar-refractivity contribution in [1.82, 2.24) is 15.0 Å². The van der Waals surface area contributed by atoms with Crippen molar-refractivity contribution in [3.63, 3.8) is 0 Å². The Kier molecular flexibility index (Phi) is 3.96. The van der Waals surface area contributed by atoms with E-state index in [4.69, 9.17) is 10.6 Å². The molecule has 112 valence electrons. The van der Waals surface area contributed by atoms with Crippen LogP contribution in [0.3, 0.4) is 0 Å². The van der Waals surface area contributed by atoms with Crippen LogP contribution < -0.4 is 21.5 Å². The second kappa shape index (κ2) is 5.37. The van der Waals surface area contributed by atoms with Crippen LogP contribution in [0.25, 0.3) is 0 Å². The van der Waals surface area contributed by atoms with Gasteiger partial charge in [0.2, 0.25) is 17.8 Å². The minimum atomic E-state index is 0.0377. The molecule has 1 saturated carbocycles. The van der Waals surface area contributed by atoms with Crippen LogP contribution in [-0.4, -0.2) is 48.3 Å². The zero-order valence-corrected chi connectivity index (χ0v) is 12.6. The fraction of sp³-hybridized carbons (Fsp3) is 0.750. The van der Waals surface area contributed by atoms with Gasteiger partial charge in [-0.25, -0.2) is 5.84 Å². The Bertz CT molecular complexity index is 477. The smallest absolute Gasteiger partial charge is 0.243 e. The van der Waals surface area contributed by atoms with E-state index in [1.165, 1.54) is 0 Å². The lowest BCUT2D eigenvalue weighted by Gasteiger charge is -2.51. The Morgan fingerprint density at radius 1 is 1.25 bits per heavy atom. The third kappa shape index (κ3) is 2.61. The molecule has 0 aromatic carbocycles. The maximum Gasteiger partial charge on any atom is 0.243 e. The molecule has 20 heavy (non-hydrogen) atoms. The largest absolute Gasteiger partial charge is 0.381 e. The lowest BCUT2D eigenvalue weighted by atomic mass is 9.64. The first-order chi connectivity index (χ1) is 9.38. The van der Waals surface area contributed by atoms with Gasteiger partial charge in [0.05, 0.1) is 6.10 Å². The van der Waals surface area contributed by atoms with Crippen LogP contribution in [0, 0.1) is 5.41 Å². The minimum Gasteiger partial charge on any atom is -0.381 e. The number of hydrazine groups is 1. The van der Waals surface area contributed by atoms with Gasteiger partial charge in [0, 0.05) is 32.7 Å². The number of methoxy groups -OCH3 is 1. The van der Waals surface area contributed by atoms with Crippen LogP contribution in [-0.2, 0) is 4.74 Å². The summed E-state index contributed by atoms with van der Waals surface area (Å²) in [6, 6.07) is 0.260. The molecule has 2 rings (SSSR count). The fourth-order valence-corrected chi connectivity index (χ4v) is 2.38. The van der Waals surface area contributed by atoms with Crippen LogP contribution in [0.15, 0.2) is 0 Å². The van der Waals surface area contributed by atoms with E-state index in [2.05, 4.69) is 39.5 Å². The molecule has 0 saturated heterocycles. The number of anilines is 3. The summed E-state index contributed by atoms with van der Waals surface area (Å²) < 4.78 is 5.44. The van der Waals surface area contributed by atoms with Gasteiger partial charge in [0.25, 0.3) is 0 Å². The molecule has 0 bridgehead atoms. The highest BCUT2D eigenvalue weighted by molar-refractivity contribution is 5.43. The van der Waals surface area contributed by atoms with Gasteiger partial charge in [0.1, 0.15) is 0 Å². The van der Waals surface area contributed by atoms with Crippen LogP contribution >= 0.6 is 0 Å². The van der Waals surface area contributed by atoms with Crippen molar-refractivity contribution in [1.29, 1.82) is 0 Å². The molecule has 0 aliphatic heterocycles. The predicted molar refractivity (Wildman–Crippen MR) is 78.6 cm³/mol. The van der Waals surface area contributed by atoms with Crippen molar-refractivity contribution in [2.45, 2.75) is 32.4 Å². The highest BCUT2D eigenvalue weighted by Gasteiger charge is 2.48. The standard InChI is InChI=1S/C12H23N7O/c1-12(2)7(6-8(12)20-5)14-9-15-10(18-13)17-11(16-9)19(3)4/h7-8H,6,13H2,1-5H3,(H2,14,15,16,17,18). The molecule has 1 aromatic rings. The molecular weight excluding hydrogens is 258 g/mol. The average Bonchev–Trinajstić information content (AvgIpc) is 2.42. The van der Waals surface area contributed by atoms with E-state index in [0.29, 0.717) is 17.8 Å². The summed E-state index contributed by atoms with van der Waals surface area (Å²) in [4.78, 5) is 14.6. The maximum absolute atomic E-state index is 5.44. The van der Waals surface area contributed by atoms with Crippen LogP contribution in [0.5, 0.6) is 0 Å². The zero-order valence-electron chi connectivity index (χ0n) is 12.6. The van der Waals surface area contributed by atoms with Gasteiger partial charge in [-0.1, -0.05) is 13.8 Å². The van der Waals surface area contributed by atoms with Gasteiger partial charge in [0.15, 0.2) is 0 Å². The summed E-state index contributed by atoms with van der Waals surface area (Å²) in [5.74, 6) is 6.80. The normalized spacial score (nSPS) is 23.9. The maximum atomic E-state index is 5.44. The van der Waals surface area contributed by atoms with E-state index in [9.17, 15) is 0 Å². The van der Waals surface area contributed by atoms with Gasteiger partial charge in [-0.3, -0.25) is 5.43 Å². The molecule has 1 aliphatic carbocycles. The number of nitrogens with zero attached hydrogens (tertiary/aromatic N) is 4. The number of rotatable bonds is 5. The summed E-state index contributed by atoms with van der Waals surface area (Å²) >= 11 is 0. The third-order valence-corrected chi connectivity index (χ3v) is 3.92. The molecule has 1 fully saturated rings. The summed E-state index contributed by atoms with van der Waals surface area (Å²) in [7, 11) is 5.48. The number of hydrogen-bond donors (Lipinski definition) is 3. The molecule has 1 aromatic heterocycles. The molecule has 8 heteroatoms. The minimum absolute atomic E-state index is 0.0377. The Balaban J connectivity index is 2.16. The van der Waals surface area contributed by atoms with E-state index in [-0.39, 0.29) is 17.6 Å². The Morgan fingerprint density at radius 3 is 2.40 bits per heavy atom. The summed E-state index contributed by atoms with van der Waals surface area (Å²) in [5, 5.41) is 3.34. The first kappa shape index (κ1) is 14.7. The van der Waals surface area contributed by atoms with Crippen LogP contribution in [0.2, 0.25) is 0 Å². The molecule has 8 nitrogen and oxygen atoms in total. The quantitative estimate of drug-likeness (QED) is 0.528. The highest BCUT2D eigenvalue weighted by Crippen LogP contribution is 2.43. The molecule has 1 heterocycles. The van der Waals surface area contributed by atoms with Gasteiger partial charge >= 0.3 is 0 Å². The van der Waals surface area contributed by atoms with Crippen molar-refractivity contribution in [2.24, 2.45) is 11.3 Å². The zero-order chi connectivity index (χ0) is 14.9. The van der Waals surface area contributed by atoms with Crippen molar-refractivity contribution in [3.05, 3.63) is 0 Å². The number of nitrogen functional groups attached to an aromatic ring is 1. The molecule has 4 N–H and O–H groups in total. The third-order valence-electron chi connectivity index (χ3n) is 3.92. The lowest BCUT2D eigenvalue weighted by molar-refractivity contribution is -0.0796. The van der Waals surface area contributed by atoms with E-state index in [0.717, 1.165) is 6.42 Å². The first-order valence-corrected chi connectivity index (χ1v) is 6.57. The molecule has 0 radical (unpaired) electrons. The first-order valence-electron chi connectivity index (χ1n) is 6.57. The molecule has 0 spiro atoms. The Labute approximate surface area is 119 Å². The SMILES string of the molecule is COC1CC(Nc2nc(NN)nc(N(C)C)n2)C1(C)C. The van der Waals surface area contributed by atoms with E-state index in [1.54, 1.807) is 12.0 Å².